The predicted molar refractivity (Wildman–Crippen MR) is 70.5 cm³/mol. The summed E-state index contributed by atoms with van der Waals surface area (Å²) in [6.45, 7) is 5.66. The van der Waals surface area contributed by atoms with Gasteiger partial charge in [0.25, 0.3) is 0 Å². The van der Waals surface area contributed by atoms with Crippen LogP contribution in [0.4, 0.5) is 11.6 Å². The Kier molecular flexibility index (Phi) is 5.69. The average Bonchev–Trinajstić information content (AvgIpc) is 2.29. The number of unbranched alkanes of at least 4 members (excludes halogenated alkanes) is 1. The Morgan fingerprint density at radius 1 is 1.41 bits per heavy atom. The Labute approximate surface area is 103 Å². The molecule has 0 saturated carbocycles. The van der Waals surface area contributed by atoms with E-state index in [0.717, 1.165) is 36.8 Å². The molecule has 0 fully saturated rings. The number of rotatable bonds is 7. The first-order chi connectivity index (χ1) is 8.17. The van der Waals surface area contributed by atoms with Gasteiger partial charge in [-0.1, -0.05) is 13.3 Å². The second-order valence-corrected chi connectivity index (χ2v) is 4.08. The molecule has 1 aromatic heterocycles. The lowest BCUT2D eigenvalue weighted by molar-refractivity contribution is 0.304. The fourth-order valence-electron chi connectivity index (χ4n) is 1.50. The molecule has 0 aromatic carbocycles. The highest BCUT2D eigenvalue weighted by Crippen LogP contribution is 2.14. The van der Waals surface area contributed by atoms with E-state index >= 15 is 0 Å². The molecule has 0 unspecified atom stereocenters. The maximum atomic E-state index is 8.91. The lowest BCUT2D eigenvalue weighted by atomic mass is 10.3. The monoisotopic (exact) mass is 238 g/mol. The topological polar surface area (TPSA) is 61.3 Å². The summed E-state index contributed by atoms with van der Waals surface area (Å²) in [6.07, 6.45) is 2.29. The van der Waals surface area contributed by atoms with Crippen molar-refractivity contribution >= 4 is 11.6 Å². The Hall–Kier alpha value is -1.36. The van der Waals surface area contributed by atoms with Crippen LogP contribution in [0.3, 0.4) is 0 Å². The van der Waals surface area contributed by atoms with Gasteiger partial charge in [-0.25, -0.2) is 9.97 Å². The summed E-state index contributed by atoms with van der Waals surface area (Å²) in [5.41, 5.74) is 0. The van der Waals surface area contributed by atoms with Crippen molar-refractivity contribution in [2.75, 3.05) is 37.0 Å². The molecule has 96 valence electrons. The minimum Gasteiger partial charge on any atom is -0.395 e. The van der Waals surface area contributed by atoms with Gasteiger partial charge in [0.05, 0.1) is 6.61 Å². The van der Waals surface area contributed by atoms with Crippen LogP contribution in [0.5, 0.6) is 0 Å². The summed E-state index contributed by atoms with van der Waals surface area (Å²) in [5, 5.41) is 12.2. The molecule has 0 atom stereocenters. The highest BCUT2D eigenvalue weighted by Gasteiger charge is 2.05. The number of likely N-dealkylation sites (N-methyl/N-ethyl adjacent to an activating group) is 1. The number of anilines is 2. The van der Waals surface area contributed by atoms with Gasteiger partial charge < -0.3 is 15.3 Å². The molecule has 5 heteroatoms. The number of aliphatic hydroxyl groups excluding tert-OH is 1. The average molecular weight is 238 g/mol. The third-order valence-electron chi connectivity index (χ3n) is 2.49. The second-order valence-electron chi connectivity index (χ2n) is 4.08. The molecule has 2 N–H and O–H groups in total. The van der Waals surface area contributed by atoms with E-state index in [9.17, 15) is 0 Å². The maximum Gasteiger partial charge on any atom is 0.134 e. The van der Waals surface area contributed by atoms with Crippen LogP contribution in [0, 0.1) is 6.92 Å². The second kappa shape index (κ2) is 7.06. The van der Waals surface area contributed by atoms with E-state index in [2.05, 4.69) is 22.2 Å². The van der Waals surface area contributed by atoms with Gasteiger partial charge in [0.1, 0.15) is 17.5 Å². The number of hydrogen-bond donors (Lipinski definition) is 2. The summed E-state index contributed by atoms with van der Waals surface area (Å²) in [4.78, 5) is 10.6. The number of nitrogens with zero attached hydrogens (tertiary/aromatic N) is 3. The minimum atomic E-state index is 0.123. The fourth-order valence-corrected chi connectivity index (χ4v) is 1.50. The number of aromatic nitrogens is 2. The van der Waals surface area contributed by atoms with Gasteiger partial charge in [-0.3, -0.25) is 0 Å². The van der Waals surface area contributed by atoms with Crippen molar-refractivity contribution in [1.82, 2.24) is 9.97 Å². The standard InChI is InChI=1S/C12H22N4O/c1-4-5-6-13-11-9-12(15-10(2)14-11)16(3)7-8-17/h9,17H,4-8H2,1-3H3,(H,13,14,15). The normalized spacial score (nSPS) is 10.4. The summed E-state index contributed by atoms with van der Waals surface area (Å²) in [6, 6.07) is 1.92. The number of aliphatic hydroxyl groups is 1. The number of aryl methyl sites for hydroxylation is 1. The van der Waals surface area contributed by atoms with Crippen molar-refractivity contribution < 1.29 is 5.11 Å². The number of hydrogen-bond acceptors (Lipinski definition) is 5. The van der Waals surface area contributed by atoms with Gasteiger partial charge >= 0.3 is 0 Å². The molecular weight excluding hydrogens is 216 g/mol. The Morgan fingerprint density at radius 2 is 2.18 bits per heavy atom. The molecule has 0 amide bonds. The summed E-state index contributed by atoms with van der Waals surface area (Å²) >= 11 is 0. The summed E-state index contributed by atoms with van der Waals surface area (Å²) < 4.78 is 0. The first-order valence-electron chi connectivity index (χ1n) is 6.09. The Balaban J connectivity index is 2.71. The Bertz CT molecular complexity index is 343. The quantitative estimate of drug-likeness (QED) is 0.704. The molecule has 0 aliphatic carbocycles. The third kappa shape index (κ3) is 4.56. The van der Waals surface area contributed by atoms with Gasteiger partial charge in [0.2, 0.25) is 0 Å². The van der Waals surface area contributed by atoms with Crippen molar-refractivity contribution in [2.45, 2.75) is 26.7 Å². The van der Waals surface area contributed by atoms with Gasteiger partial charge in [-0.2, -0.15) is 0 Å². The molecular formula is C12H22N4O. The van der Waals surface area contributed by atoms with Crippen molar-refractivity contribution in [1.29, 1.82) is 0 Å². The molecule has 17 heavy (non-hydrogen) atoms. The zero-order valence-electron chi connectivity index (χ0n) is 10.9. The maximum absolute atomic E-state index is 8.91. The van der Waals surface area contributed by atoms with E-state index < -0.39 is 0 Å². The lowest BCUT2D eigenvalue weighted by Crippen LogP contribution is -2.23. The molecule has 0 radical (unpaired) electrons. The van der Waals surface area contributed by atoms with E-state index in [1.165, 1.54) is 0 Å². The minimum absolute atomic E-state index is 0.123. The SMILES string of the molecule is CCCCNc1cc(N(C)CCO)nc(C)n1. The Morgan fingerprint density at radius 3 is 2.82 bits per heavy atom. The molecule has 0 aliphatic heterocycles. The smallest absolute Gasteiger partial charge is 0.134 e. The van der Waals surface area contributed by atoms with Crippen molar-refractivity contribution in [3.8, 4) is 0 Å². The summed E-state index contributed by atoms with van der Waals surface area (Å²) in [5.74, 6) is 2.43. The van der Waals surface area contributed by atoms with Crippen LogP contribution in [-0.2, 0) is 0 Å². The van der Waals surface area contributed by atoms with Gasteiger partial charge in [0.15, 0.2) is 0 Å². The van der Waals surface area contributed by atoms with E-state index in [4.69, 9.17) is 5.11 Å². The van der Waals surface area contributed by atoms with E-state index in [1.54, 1.807) is 0 Å². The van der Waals surface area contributed by atoms with Gasteiger partial charge in [-0.15, -0.1) is 0 Å². The van der Waals surface area contributed by atoms with E-state index in [-0.39, 0.29) is 6.61 Å². The van der Waals surface area contributed by atoms with Crippen LogP contribution in [-0.4, -0.2) is 41.8 Å². The van der Waals surface area contributed by atoms with Crippen LogP contribution in [0.2, 0.25) is 0 Å². The number of nitrogens with one attached hydrogen (secondary N) is 1. The highest BCUT2D eigenvalue weighted by atomic mass is 16.3. The lowest BCUT2D eigenvalue weighted by Gasteiger charge is -2.18. The van der Waals surface area contributed by atoms with Gasteiger partial charge in [-0.05, 0) is 13.3 Å². The highest BCUT2D eigenvalue weighted by molar-refractivity contribution is 5.48. The first-order valence-corrected chi connectivity index (χ1v) is 6.09. The first kappa shape index (κ1) is 13.7. The van der Waals surface area contributed by atoms with Crippen molar-refractivity contribution in [2.24, 2.45) is 0 Å². The molecule has 0 spiro atoms. The van der Waals surface area contributed by atoms with E-state index in [1.807, 2.05) is 24.9 Å². The van der Waals surface area contributed by atoms with Crippen LogP contribution in [0.25, 0.3) is 0 Å². The predicted octanol–water partition coefficient (Wildman–Crippen LogP) is 1.43. The molecule has 0 aliphatic rings. The molecule has 1 aromatic rings. The van der Waals surface area contributed by atoms with Crippen LogP contribution in [0.15, 0.2) is 6.07 Å². The van der Waals surface area contributed by atoms with Crippen LogP contribution in [0.1, 0.15) is 25.6 Å². The zero-order chi connectivity index (χ0) is 12.7. The molecule has 1 rings (SSSR count). The molecule has 0 bridgehead atoms. The summed E-state index contributed by atoms with van der Waals surface area (Å²) in [7, 11) is 1.91. The largest absolute Gasteiger partial charge is 0.395 e. The third-order valence-corrected chi connectivity index (χ3v) is 2.49. The fraction of sp³-hybridized carbons (Fsp3) is 0.667. The van der Waals surface area contributed by atoms with E-state index in [0.29, 0.717) is 6.54 Å². The van der Waals surface area contributed by atoms with Crippen molar-refractivity contribution in [3.05, 3.63) is 11.9 Å². The molecule has 1 heterocycles. The van der Waals surface area contributed by atoms with Gasteiger partial charge in [0, 0.05) is 26.2 Å². The van der Waals surface area contributed by atoms with Crippen LogP contribution < -0.4 is 10.2 Å². The van der Waals surface area contributed by atoms with Crippen molar-refractivity contribution in [3.63, 3.8) is 0 Å². The zero-order valence-corrected chi connectivity index (χ0v) is 10.9. The molecule has 5 nitrogen and oxygen atoms in total. The molecule has 0 saturated heterocycles. The van der Waals surface area contributed by atoms with Crippen LogP contribution >= 0.6 is 0 Å².